The molecule has 94 valence electrons. The first kappa shape index (κ1) is 12.7. The fourth-order valence-corrected chi connectivity index (χ4v) is 1.59. The standard InChI is InChI=1S/C12H10ClF2N3/c1-6-7(2)12(18-17-11(6)13)16-10-4-3-8(14)5-9(10)15/h3-5H,1-2H3,(H,16,18). The molecule has 0 atom stereocenters. The van der Waals surface area contributed by atoms with Gasteiger partial charge in [-0.1, -0.05) is 11.6 Å². The van der Waals surface area contributed by atoms with Gasteiger partial charge in [0.25, 0.3) is 0 Å². The number of rotatable bonds is 2. The summed E-state index contributed by atoms with van der Waals surface area (Å²) in [5, 5.41) is 10.6. The summed E-state index contributed by atoms with van der Waals surface area (Å²) in [5.41, 5.74) is 1.66. The molecule has 0 aliphatic rings. The Balaban J connectivity index is 2.37. The molecule has 0 radical (unpaired) electrons. The molecule has 0 saturated heterocycles. The molecule has 0 aliphatic heterocycles. The summed E-state index contributed by atoms with van der Waals surface area (Å²) in [4.78, 5) is 0. The SMILES string of the molecule is Cc1c(Cl)nnc(Nc2ccc(F)cc2F)c1C. The second-order valence-electron chi connectivity index (χ2n) is 3.84. The summed E-state index contributed by atoms with van der Waals surface area (Å²) >= 11 is 5.82. The summed E-state index contributed by atoms with van der Waals surface area (Å²) in [6.45, 7) is 3.58. The van der Waals surface area contributed by atoms with E-state index >= 15 is 0 Å². The van der Waals surface area contributed by atoms with Crippen LogP contribution in [-0.2, 0) is 0 Å². The average Bonchev–Trinajstić information content (AvgIpc) is 2.33. The molecule has 0 unspecified atom stereocenters. The van der Waals surface area contributed by atoms with Crippen molar-refractivity contribution in [1.82, 2.24) is 10.2 Å². The first-order valence-electron chi connectivity index (χ1n) is 5.20. The van der Waals surface area contributed by atoms with Crippen LogP contribution in [0.1, 0.15) is 11.1 Å². The molecule has 6 heteroatoms. The maximum Gasteiger partial charge on any atom is 0.156 e. The number of hydrogen-bond acceptors (Lipinski definition) is 3. The Morgan fingerprint density at radius 3 is 2.50 bits per heavy atom. The lowest BCUT2D eigenvalue weighted by atomic mass is 10.2. The number of hydrogen-bond donors (Lipinski definition) is 1. The summed E-state index contributed by atoms with van der Waals surface area (Å²) in [5.74, 6) is -0.931. The zero-order valence-corrected chi connectivity index (χ0v) is 10.5. The predicted molar refractivity (Wildman–Crippen MR) is 66.2 cm³/mol. The van der Waals surface area contributed by atoms with Crippen molar-refractivity contribution in [3.8, 4) is 0 Å². The van der Waals surface area contributed by atoms with Gasteiger partial charge in [-0.3, -0.25) is 0 Å². The lowest BCUT2D eigenvalue weighted by Crippen LogP contribution is -2.02. The van der Waals surface area contributed by atoms with Gasteiger partial charge in [0, 0.05) is 6.07 Å². The Labute approximate surface area is 108 Å². The normalized spacial score (nSPS) is 10.5. The smallest absolute Gasteiger partial charge is 0.156 e. The molecular weight excluding hydrogens is 260 g/mol. The van der Waals surface area contributed by atoms with Crippen molar-refractivity contribution in [3.05, 3.63) is 46.1 Å². The average molecular weight is 270 g/mol. The molecule has 0 amide bonds. The van der Waals surface area contributed by atoms with Gasteiger partial charge < -0.3 is 5.32 Å². The Hall–Kier alpha value is -1.75. The highest BCUT2D eigenvalue weighted by molar-refractivity contribution is 6.30. The molecule has 1 N–H and O–H groups in total. The van der Waals surface area contributed by atoms with Crippen molar-refractivity contribution in [2.75, 3.05) is 5.32 Å². The zero-order chi connectivity index (χ0) is 13.3. The first-order chi connectivity index (χ1) is 8.49. The van der Waals surface area contributed by atoms with E-state index in [0.29, 0.717) is 11.0 Å². The van der Waals surface area contributed by atoms with Crippen LogP contribution in [0.25, 0.3) is 0 Å². The Kier molecular flexibility index (Phi) is 3.43. The molecule has 0 fully saturated rings. The molecule has 0 bridgehead atoms. The van der Waals surface area contributed by atoms with Crippen molar-refractivity contribution < 1.29 is 8.78 Å². The lowest BCUT2D eigenvalue weighted by Gasteiger charge is -2.10. The third kappa shape index (κ3) is 2.41. The highest BCUT2D eigenvalue weighted by atomic mass is 35.5. The van der Waals surface area contributed by atoms with Crippen LogP contribution in [0.5, 0.6) is 0 Å². The highest BCUT2D eigenvalue weighted by Crippen LogP contribution is 2.25. The third-order valence-electron chi connectivity index (χ3n) is 2.65. The molecule has 1 aromatic carbocycles. The maximum absolute atomic E-state index is 13.5. The number of aromatic nitrogens is 2. The monoisotopic (exact) mass is 269 g/mol. The molecule has 3 nitrogen and oxygen atoms in total. The Morgan fingerprint density at radius 1 is 1.11 bits per heavy atom. The molecule has 0 aliphatic carbocycles. The lowest BCUT2D eigenvalue weighted by molar-refractivity contribution is 0.586. The Morgan fingerprint density at radius 2 is 1.83 bits per heavy atom. The molecule has 18 heavy (non-hydrogen) atoms. The van der Waals surface area contributed by atoms with Crippen LogP contribution in [0.3, 0.4) is 0 Å². The van der Waals surface area contributed by atoms with Crippen molar-refractivity contribution in [3.63, 3.8) is 0 Å². The molecular formula is C12H10ClF2N3. The number of nitrogens with zero attached hydrogens (tertiary/aromatic N) is 2. The minimum absolute atomic E-state index is 0.135. The van der Waals surface area contributed by atoms with Crippen molar-refractivity contribution in [1.29, 1.82) is 0 Å². The van der Waals surface area contributed by atoms with E-state index in [4.69, 9.17) is 11.6 Å². The van der Waals surface area contributed by atoms with Crippen molar-refractivity contribution in [2.45, 2.75) is 13.8 Å². The fourth-order valence-electron chi connectivity index (χ4n) is 1.41. The van der Waals surface area contributed by atoms with E-state index in [2.05, 4.69) is 15.5 Å². The van der Waals surface area contributed by atoms with E-state index in [1.54, 1.807) is 13.8 Å². The maximum atomic E-state index is 13.5. The third-order valence-corrected chi connectivity index (χ3v) is 3.01. The molecule has 0 saturated carbocycles. The highest BCUT2D eigenvalue weighted by Gasteiger charge is 2.10. The van der Waals surface area contributed by atoms with Crippen LogP contribution in [-0.4, -0.2) is 10.2 Å². The van der Waals surface area contributed by atoms with Gasteiger partial charge in [-0.25, -0.2) is 8.78 Å². The van der Waals surface area contributed by atoms with Crippen LogP contribution >= 0.6 is 11.6 Å². The van der Waals surface area contributed by atoms with Crippen LogP contribution in [0, 0.1) is 25.5 Å². The second-order valence-corrected chi connectivity index (χ2v) is 4.20. The van der Waals surface area contributed by atoms with Crippen LogP contribution in [0.4, 0.5) is 20.3 Å². The van der Waals surface area contributed by atoms with Crippen LogP contribution in [0.15, 0.2) is 18.2 Å². The second kappa shape index (κ2) is 4.86. The van der Waals surface area contributed by atoms with E-state index in [-0.39, 0.29) is 5.69 Å². The largest absolute Gasteiger partial charge is 0.336 e. The summed E-state index contributed by atoms with van der Waals surface area (Å²) in [6.07, 6.45) is 0. The van der Waals surface area contributed by atoms with Crippen molar-refractivity contribution >= 4 is 23.1 Å². The van der Waals surface area contributed by atoms with Gasteiger partial charge in [-0.2, -0.15) is 0 Å². The number of anilines is 2. The molecule has 2 rings (SSSR count). The van der Waals surface area contributed by atoms with Gasteiger partial charge in [0.1, 0.15) is 11.6 Å². The predicted octanol–water partition coefficient (Wildman–Crippen LogP) is 3.77. The van der Waals surface area contributed by atoms with Gasteiger partial charge in [0.05, 0.1) is 5.69 Å². The quantitative estimate of drug-likeness (QED) is 0.902. The minimum atomic E-state index is -0.691. The van der Waals surface area contributed by atoms with E-state index in [9.17, 15) is 8.78 Å². The number of benzene rings is 1. The molecule has 1 aromatic heterocycles. The van der Waals surface area contributed by atoms with Crippen molar-refractivity contribution in [2.24, 2.45) is 0 Å². The summed E-state index contributed by atoms with van der Waals surface area (Å²) in [6, 6.07) is 3.26. The molecule has 1 heterocycles. The van der Waals surface area contributed by atoms with E-state index in [1.165, 1.54) is 6.07 Å². The summed E-state index contributed by atoms with van der Waals surface area (Å²) in [7, 11) is 0. The first-order valence-corrected chi connectivity index (χ1v) is 5.58. The minimum Gasteiger partial charge on any atom is -0.336 e. The topological polar surface area (TPSA) is 37.8 Å². The van der Waals surface area contributed by atoms with E-state index < -0.39 is 11.6 Å². The zero-order valence-electron chi connectivity index (χ0n) is 9.76. The van der Waals surface area contributed by atoms with E-state index in [1.807, 2.05) is 0 Å². The summed E-state index contributed by atoms with van der Waals surface area (Å²) < 4.78 is 26.2. The van der Waals surface area contributed by atoms with Gasteiger partial charge in [-0.05, 0) is 37.1 Å². The van der Waals surface area contributed by atoms with Crippen LogP contribution in [0.2, 0.25) is 5.15 Å². The fraction of sp³-hybridized carbons (Fsp3) is 0.167. The van der Waals surface area contributed by atoms with Gasteiger partial charge in [0.2, 0.25) is 0 Å². The van der Waals surface area contributed by atoms with Gasteiger partial charge in [-0.15, -0.1) is 10.2 Å². The number of nitrogens with one attached hydrogen (secondary N) is 1. The van der Waals surface area contributed by atoms with Crippen LogP contribution < -0.4 is 5.32 Å². The molecule has 0 spiro atoms. The van der Waals surface area contributed by atoms with Gasteiger partial charge >= 0.3 is 0 Å². The van der Waals surface area contributed by atoms with Gasteiger partial charge in [0.15, 0.2) is 11.0 Å². The van der Waals surface area contributed by atoms with E-state index in [0.717, 1.165) is 23.3 Å². The Bertz CT molecular complexity index is 602. The molecule has 2 aromatic rings. The number of halogens is 3.